The molecule has 3 rings (SSSR count). The first-order valence-corrected chi connectivity index (χ1v) is 16.7. The van der Waals surface area contributed by atoms with E-state index in [4.69, 9.17) is 4.74 Å². The van der Waals surface area contributed by atoms with E-state index in [1.807, 2.05) is 58.2 Å². The summed E-state index contributed by atoms with van der Waals surface area (Å²) in [6.45, 7) is 9.47. The van der Waals surface area contributed by atoms with E-state index in [9.17, 15) is 18.0 Å². The van der Waals surface area contributed by atoms with E-state index >= 15 is 0 Å². The van der Waals surface area contributed by atoms with Gasteiger partial charge >= 0.3 is 0 Å². The molecule has 8 nitrogen and oxygen atoms in total. The van der Waals surface area contributed by atoms with Crippen LogP contribution in [0.4, 0.5) is 5.69 Å². The van der Waals surface area contributed by atoms with Crippen LogP contribution in [0.1, 0.15) is 45.2 Å². The molecule has 2 amide bonds. The largest absolute Gasteiger partial charge is 0.494 e. The Bertz CT molecular complexity index is 1440. The third kappa shape index (κ3) is 8.29. The Morgan fingerprint density at radius 1 is 0.952 bits per heavy atom. The zero-order valence-corrected chi connectivity index (χ0v) is 26.8. The van der Waals surface area contributed by atoms with Crippen LogP contribution in [-0.2, 0) is 26.2 Å². The van der Waals surface area contributed by atoms with Crippen molar-refractivity contribution in [1.82, 2.24) is 10.2 Å². The van der Waals surface area contributed by atoms with Crippen molar-refractivity contribution in [2.75, 3.05) is 23.7 Å². The fourth-order valence-electron chi connectivity index (χ4n) is 4.30. The Morgan fingerprint density at radius 2 is 1.60 bits per heavy atom. The minimum Gasteiger partial charge on any atom is -0.494 e. The highest BCUT2D eigenvalue weighted by Crippen LogP contribution is 2.28. The molecule has 3 aromatic carbocycles. The van der Waals surface area contributed by atoms with Crippen molar-refractivity contribution in [3.63, 3.8) is 0 Å². The first-order valence-electron chi connectivity index (χ1n) is 14.1. The van der Waals surface area contributed by atoms with Gasteiger partial charge in [-0.25, -0.2) is 8.42 Å². The molecule has 0 aliphatic heterocycles. The molecule has 0 aliphatic carbocycles. The maximum atomic E-state index is 14.1. The number of carbonyl (C=O) groups is 2. The molecule has 2 atom stereocenters. The Balaban J connectivity index is 2.04. The third-order valence-electron chi connectivity index (χ3n) is 7.13. The molecule has 42 heavy (non-hydrogen) atoms. The number of anilines is 1. The number of carbonyl (C=O) groups excluding carboxylic acids is 2. The zero-order chi connectivity index (χ0) is 30.9. The number of hydrogen-bond donors (Lipinski definition) is 1. The molecule has 0 saturated carbocycles. The van der Waals surface area contributed by atoms with Gasteiger partial charge in [0.2, 0.25) is 11.8 Å². The number of rotatable bonds is 14. The Hall–Kier alpha value is -3.50. The monoisotopic (exact) mass is 611 g/mol. The summed E-state index contributed by atoms with van der Waals surface area (Å²) in [5.41, 5.74) is 2.15. The van der Waals surface area contributed by atoms with Crippen molar-refractivity contribution >= 4 is 39.3 Å². The summed E-state index contributed by atoms with van der Waals surface area (Å²) in [5, 5.41) is 2.95. The number of benzene rings is 3. The summed E-state index contributed by atoms with van der Waals surface area (Å²) < 4.78 is 34.7. The molecule has 3 aromatic rings. The number of sulfonamides is 1. The summed E-state index contributed by atoms with van der Waals surface area (Å²) in [6, 6.07) is 19.9. The van der Waals surface area contributed by atoms with Crippen LogP contribution in [0.25, 0.3) is 0 Å². The maximum Gasteiger partial charge on any atom is 0.264 e. The lowest BCUT2D eigenvalue weighted by Gasteiger charge is -2.32. The smallest absolute Gasteiger partial charge is 0.264 e. The van der Waals surface area contributed by atoms with E-state index in [1.165, 1.54) is 16.7 Å². The van der Waals surface area contributed by atoms with Crippen molar-refractivity contribution in [3.05, 3.63) is 83.9 Å². The van der Waals surface area contributed by atoms with Gasteiger partial charge in [0.05, 0.1) is 17.2 Å². The van der Waals surface area contributed by atoms with Crippen molar-refractivity contribution in [2.45, 2.75) is 69.5 Å². The zero-order valence-electron chi connectivity index (χ0n) is 25.2. The topological polar surface area (TPSA) is 96.0 Å². The molecule has 1 N–H and O–H groups in total. The molecule has 0 unspecified atom stereocenters. The van der Waals surface area contributed by atoms with Gasteiger partial charge in [0, 0.05) is 17.5 Å². The van der Waals surface area contributed by atoms with E-state index in [1.54, 1.807) is 55.5 Å². The van der Waals surface area contributed by atoms with Gasteiger partial charge < -0.3 is 15.0 Å². The van der Waals surface area contributed by atoms with Crippen LogP contribution in [0.15, 0.2) is 82.6 Å². The lowest BCUT2D eigenvalue weighted by Crippen LogP contribution is -2.52. The van der Waals surface area contributed by atoms with E-state index in [-0.39, 0.29) is 23.4 Å². The molecule has 0 aliphatic rings. The molecule has 0 bridgehead atoms. The van der Waals surface area contributed by atoms with Crippen LogP contribution >= 0.6 is 11.8 Å². The first-order chi connectivity index (χ1) is 20.0. The number of amides is 2. The minimum atomic E-state index is -4.15. The fraction of sp³-hybridized carbons (Fsp3) is 0.375. The predicted molar refractivity (Wildman–Crippen MR) is 169 cm³/mol. The van der Waals surface area contributed by atoms with E-state index in [2.05, 4.69) is 5.32 Å². The first kappa shape index (κ1) is 33.0. The lowest BCUT2D eigenvalue weighted by molar-refractivity contribution is -0.139. The highest BCUT2D eigenvalue weighted by molar-refractivity contribution is 7.98. The molecule has 0 radical (unpaired) electrons. The van der Waals surface area contributed by atoms with Crippen LogP contribution in [0.2, 0.25) is 0 Å². The molecule has 0 spiro atoms. The normalized spacial score (nSPS) is 12.7. The van der Waals surface area contributed by atoms with Gasteiger partial charge in [0.15, 0.2) is 0 Å². The van der Waals surface area contributed by atoms with Gasteiger partial charge in [0.1, 0.15) is 18.3 Å². The number of thioether (sulfide) groups is 1. The average Bonchev–Trinajstić information content (AvgIpc) is 2.99. The van der Waals surface area contributed by atoms with Gasteiger partial charge in [-0.15, -0.1) is 11.8 Å². The molecular weight excluding hydrogens is 571 g/mol. The second kappa shape index (κ2) is 15.1. The second-order valence-electron chi connectivity index (χ2n) is 10.1. The van der Waals surface area contributed by atoms with Crippen molar-refractivity contribution < 1.29 is 22.7 Å². The molecule has 0 aromatic heterocycles. The summed E-state index contributed by atoms with van der Waals surface area (Å²) in [6.07, 6.45) is 2.65. The van der Waals surface area contributed by atoms with Gasteiger partial charge in [-0.3, -0.25) is 13.9 Å². The Morgan fingerprint density at radius 3 is 2.17 bits per heavy atom. The van der Waals surface area contributed by atoms with Crippen LogP contribution in [-0.4, -0.2) is 56.6 Å². The van der Waals surface area contributed by atoms with Gasteiger partial charge in [-0.05, 0) is 100 Å². The Kier molecular flexibility index (Phi) is 11.9. The van der Waals surface area contributed by atoms with Crippen molar-refractivity contribution in [3.8, 4) is 5.75 Å². The second-order valence-corrected chi connectivity index (χ2v) is 12.8. The highest BCUT2D eigenvalue weighted by Gasteiger charge is 2.33. The van der Waals surface area contributed by atoms with Crippen molar-refractivity contribution in [2.24, 2.45) is 0 Å². The van der Waals surface area contributed by atoms with Crippen LogP contribution in [0.5, 0.6) is 5.75 Å². The number of nitrogens with zero attached hydrogens (tertiary/aromatic N) is 2. The molecule has 226 valence electrons. The minimum absolute atomic E-state index is 0.0648. The third-order valence-corrected chi connectivity index (χ3v) is 9.66. The van der Waals surface area contributed by atoms with E-state index in [0.29, 0.717) is 18.0 Å². The van der Waals surface area contributed by atoms with Gasteiger partial charge in [0.25, 0.3) is 10.0 Å². The van der Waals surface area contributed by atoms with Gasteiger partial charge in [-0.2, -0.15) is 0 Å². The maximum absolute atomic E-state index is 14.1. The molecule has 0 saturated heterocycles. The quantitative estimate of drug-likeness (QED) is 0.237. The van der Waals surface area contributed by atoms with Crippen LogP contribution in [0, 0.1) is 6.92 Å². The molecule has 0 fully saturated rings. The number of hydrogen-bond acceptors (Lipinski definition) is 6. The van der Waals surface area contributed by atoms with Crippen LogP contribution < -0.4 is 14.4 Å². The SMILES string of the molecule is CCOc1ccc(N(CC(=O)N(Cc2ccccc2C)[C@H](C)C(=O)N[C@H](C)CC)S(=O)(=O)c2ccc(SC)cc2)cc1. The number of ether oxygens (including phenoxy) is 1. The Labute approximate surface area is 254 Å². The summed E-state index contributed by atoms with van der Waals surface area (Å²) in [5.74, 6) is -0.205. The summed E-state index contributed by atoms with van der Waals surface area (Å²) in [7, 11) is -4.15. The number of nitrogens with one attached hydrogen (secondary N) is 1. The average molecular weight is 612 g/mol. The van der Waals surface area contributed by atoms with Gasteiger partial charge in [-0.1, -0.05) is 31.2 Å². The molecule has 0 heterocycles. The van der Waals surface area contributed by atoms with E-state index < -0.39 is 28.5 Å². The summed E-state index contributed by atoms with van der Waals surface area (Å²) >= 11 is 1.51. The molecular formula is C32H41N3O5S2. The van der Waals surface area contributed by atoms with Crippen molar-refractivity contribution in [1.29, 1.82) is 0 Å². The number of aryl methyl sites for hydroxylation is 1. The van der Waals surface area contributed by atoms with Crippen LogP contribution in [0.3, 0.4) is 0 Å². The summed E-state index contributed by atoms with van der Waals surface area (Å²) in [4.78, 5) is 29.8. The van der Waals surface area contributed by atoms with E-state index in [0.717, 1.165) is 26.7 Å². The fourth-order valence-corrected chi connectivity index (χ4v) is 6.12. The lowest BCUT2D eigenvalue weighted by atomic mass is 10.1. The standard InChI is InChI=1S/C32H41N3O5S2/c1-7-24(4)33-32(37)25(5)34(21-26-12-10-9-11-23(26)3)31(36)22-35(27-13-15-28(16-14-27)40-8-2)42(38,39)30-19-17-29(41-6)18-20-30/h9-20,24-25H,7-8,21-22H2,1-6H3,(H,33,37)/t24-,25-/m1/s1. The predicted octanol–water partition coefficient (Wildman–Crippen LogP) is 5.64. The highest BCUT2D eigenvalue weighted by atomic mass is 32.2. The molecule has 10 heteroatoms.